The Morgan fingerprint density at radius 1 is 1.40 bits per heavy atom. The van der Waals surface area contributed by atoms with E-state index in [1.165, 1.54) is 0 Å². The summed E-state index contributed by atoms with van der Waals surface area (Å²) in [6.45, 7) is 4.23. The number of aryl methyl sites for hydroxylation is 1. The summed E-state index contributed by atoms with van der Waals surface area (Å²) in [6, 6.07) is 7.18. The molecule has 25 heavy (non-hydrogen) atoms. The molecule has 7 nitrogen and oxygen atoms in total. The van der Waals surface area contributed by atoms with Crippen LogP contribution in [-0.2, 0) is 16.0 Å². The monoisotopic (exact) mass is 343 g/mol. The van der Waals surface area contributed by atoms with Crippen molar-refractivity contribution in [2.75, 3.05) is 6.54 Å². The molecule has 0 aliphatic carbocycles. The van der Waals surface area contributed by atoms with Gasteiger partial charge in [-0.05, 0) is 32.4 Å². The average Bonchev–Trinajstić information content (AvgIpc) is 3.15. The van der Waals surface area contributed by atoms with Gasteiger partial charge in [0.25, 0.3) is 0 Å². The molecule has 0 unspecified atom stereocenters. The zero-order chi connectivity index (χ0) is 18.0. The second kappa shape index (κ2) is 7.23. The first kappa shape index (κ1) is 17.4. The largest absolute Gasteiger partial charge is 0.352 e. The van der Waals surface area contributed by atoms with Gasteiger partial charge < -0.3 is 20.9 Å². The number of nitrogens with one attached hydrogen (secondary N) is 2. The molecule has 1 aromatic carbocycles. The maximum Gasteiger partial charge on any atom is 0.243 e. The van der Waals surface area contributed by atoms with Gasteiger partial charge >= 0.3 is 0 Å². The third kappa shape index (κ3) is 3.99. The van der Waals surface area contributed by atoms with Gasteiger partial charge in [-0.25, -0.2) is 4.98 Å². The lowest BCUT2D eigenvalue weighted by atomic mass is 10.1. The van der Waals surface area contributed by atoms with Gasteiger partial charge in [-0.1, -0.05) is 12.1 Å². The van der Waals surface area contributed by atoms with Crippen LogP contribution in [0.2, 0.25) is 0 Å². The van der Waals surface area contributed by atoms with Gasteiger partial charge in [0.15, 0.2) is 0 Å². The zero-order valence-corrected chi connectivity index (χ0v) is 14.7. The third-order valence-corrected chi connectivity index (χ3v) is 4.40. The molecular formula is C18H25N5O2. The van der Waals surface area contributed by atoms with Crippen molar-refractivity contribution in [2.24, 2.45) is 5.73 Å². The first-order valence-corrected chi connectivity index (χ1v) is 8.73. The number of carbonyl (C=O) groups excluding carboxylic acids is 2. The van der Waals surface area contributed by atoms with E-state index in [9.17, 15) is 9.59 Å². The van der Waals surface area contributed by atoms with E-state index in [0.717, 1.165) is 16.9 Å². The van der Waals surface area contributed by atoms with Gasteiger partial charge in [-0.3, -0.25) is 9.59 Å². The van der Waals surface area contributed by atoms with Gasteiger partial charge in [-0.2, -0.15) is 0 Å². The Morgan fingerprint density at radius 3 is 2.88 bits per heavy atom. The molecule has 1 fully saturated rings. The van der Waals surface area contributed by atoms with Crippen LogP contribution in [0.25, 0.3) is 11.0 Å². The number of benzene rings is 1. The number of likely N-dealkylation sites (tertiary alicyclic amines) is 1. The van der Waals surface area contributed by atoms with Crippen LogP contribution in [0.3, 0.4) is 0 Å². The Hall–Kier alpha value is -2.41. The number of H-pyrrole nitrogens is 1. The molecule has 134 valence electrons. The summed E-state index contributed by atoms with van der Waals surface area (Å²) in [6.07, 6.45) is 1.32. The third-order valence-electron chi connectivity index (χ3n) is 4.40. The van der Waals surface area contributed by atoms with Crippen molar-refractivity contribution in [1.29, 1.82) is 0 Å². The van der Waals surface area contributed by atoms with Crippen LogP contribution in [0.15, 0.2) is 24.3 Å². The number of carbonyl (C=O) groups is 2. The van der Waals surface area contributed by atoms with Crippen LogP contribution < -0.4 is 11.1 Å². The number of imidazole rings is 1. The van der Waals surface area contributed by atoms with Crippen molar-refractivity contribution < 1.29 is 9.59 Å². The standard InChI is InChI=1S/C18H25N5O2/c1-11(2)20-18(25)15-9-12(19)10-23(15)17(24)8-7-16-21-13-5-3-4-6-14(13)22-16/h3-6,11-12,15H,7-10,19H2,1-2H3,(H,20,25)(H,21,22)/t12-,15+/m1/s1. The second-order valence-electron chi connectivity index (χ2n) is 6.92. The molecule has 2 heterocycles. The van der Waals surface area contributed by atoms with E-state index in [0.29, 0.717) is 25.8 Å². The second-order valence-corrected chi connectivity index (χ2v) is 6.92. The molecule has 2 amide bonds. The number of rotatable bonds is 5. The maximum atomic E-state index is 12.6. The van der Waals surface area contributed by atoms with Crippen LogP contribution >= 0.6 is 0 Å². The van der Waals surface area contributed by atoms with E-state index in [2.05, 4.69) is 15.3 Å². The number of nitrogens with zero attached hydrogens (tertiary/aromatic N) is 2. The Labute approximate surface area is 147 Å². The van der Waals surface area contributed by atoms with E-state index < -0.39 is 6.04 Å². The molecule has 4 N–H and O–H groups in total. The first-order valence-electron chi connectivity index (χ1n) is 8.73. The number of nitrogens with two attached hydrogens (primary N) is 1. The number of aromatic amines is 1. The van der Waals surface area contributed by atoms with Crippen LogP contribution in [0, 0.1) is 0 Å². The van der Waals surface area contributed by atoms with Crippen LogP contribution in [0.4, 0.5) is 0 Å². The molecule has 7 heteroatoms. The molecule has 2 aromatic rings. The van der Waals surface area contributed by atoms with Gasteiger partial charge in [-0.15, -0.1) is 0 Å². The summed E-state index contributed by atoms with van der Waals surface area (Å²) in [4.78, 5) is 34.3. The lowest BCUT2D eigenvalue weighted by molar-refractivity contribution is -0.138. The molecule has 2 atom stereocenters. The van der Waals surface area contributed by atoms with E-state index >= 15 is 0 Å². The minimum atomic E-state index is -0.472. The number of aromatic nitrogens is 2. The fourth-order valence-corrected chi connectivity index (χ4v) is 3.27. The summed E-state index contributed by atoms with van der Waals surface area (Å²) < 4.78 is 0. The molecular weight excluding hydrogens is 318 g/mol. The number of hydrogen-bond donors (Lipinski definition) is 3. The molecule has 1 aliphatic heterocycles. The van der Waals surface area contributed by atoms with Crippen molar-refractivity contribution >= 4 is 22.8 Å². The number of amides is 2. The predicted octanol–water partition coefficient (Wildman–Crippen LogP) is 0.948. The molecule has 1 saturated heterocycles. The average molecular weight is 343 g/mol. The molecule has 0 spiro atoms. The molecule has 3 rings (SSSR count). The topological polar surface area (TPSA) is 104 Å². The fourth-order valence-electron chi connectivity index (χ4n) is 3.27. The number of fused-ring (bicyclic) bond motifs is 1. The van der Waals surface area contributed by atoms with Crippen molar-refractivity contribution in [1.82, 2.24) is 20.2 Å². The van der Waals surface area contributed by atoms with Crippen LogP contribution in [-0.4, -0.2) is 51.4 Å². The molecule has 0 bridgehead atoms. The van der Waals surface area contributed by atoms with Crippen molar-refractivity contribution in [2.45, 2.75) is 51.2 Å². The summed E-state index contributed by atoms with van der Waals surface area (Å²) in [5, 5.41) is 2.87. The van der Waals surface area contributed by atoms with Gasteiger partial charge in [0.1, 0.15) is 11.9 Å². The van der Waals surface area contributed by atoms with Gasteiger partial charge in [0.05, 0.1) is 11.0 Å². The number of para-hydroxylation sites is 2. The Kier molecular flexibility index (Phi) is 5.03. The zero-order valence-electron chi connectivity index (χ0n) is 14.7. The van der Waals surface area contributed by atoms with Crippen LogP contribution in [0.5, 0.6) is 0 Å². The molecule has 1 aliphatic rings. The summed E-state index contributed by atoms with van der Waals surface area (Å²) in [5.74, 6) is 0.596. The normalized spacial score (nSPS) is 20.4. The first-order chi connectivity index (χ1) is 11.9. The Bertz CT molecular complexity index is 737. The Balaban J connectivity index is 1.63. The highest BCUT2D eigenvalue weighted by atomic mass is 16.2. The minimum Gasteiger partial charge on any atom is -0.352 e. The van der Waals surface area contributed by atoms with E-state index in [-0.39, 0.29) is 23.9 Å². The van der Waals surface area contributed by atoms with E-state index in [1.54, 1.807) is 4.90 Å². The quantitative estimate of drug-likeness (QED) is 0.752. The van der Waals surface area contributed by atoms with Gasteiger partial charge in [0.2, 0.25) is 11.8 Å². The lowest BCUT2D eigenvalue weighted by Crippen LogP contribution is -2.47. The molecule has 0 saturated carbocycles. The SMILES string of the molecule is CC(C)NC(=O)[C@@H]1C[C@@H](N)CN1C(=O)CCc1nc2ccccc2[nH]1. The van der Waals surface area contributed by atoms with E-state index in [1.807, 2.05) is 38.1 Å². The smallest absolute Gasteiger partial charge is 0.243 e. The molecule has 1 aromatic heterocycles. The van der Waals surface area contributed by atoms with Gasteiger partial charge in [0, 0.05) is 31.5 Å². The van der Waals surface area contributed by atoms with E-state index in [4.69, 9.17) is 5.73 Å². The molecule has 0 radical (unpaired) electrons. The fraction of sp³-hybridized carbons (Fsp3) is 0.500. The highest BCUT2D eigenvalue weighted by Gasteiger charge is 2.37. The maximum absolute atomic E-state index is 12.6. The minimum absolute atomic E-state index is 0.0387. The predicted molar refractivity (Wildman–Crippen MR) is 95.8 cm³/mol. The van der Waals surface area contributed by atoms with Crippen LogP contribution in [0.1, 0.15) is 32.5 Å². The Morgan fingerprint density at radius 2 is 2.16 bits per heavy atom. The lowest BCUT2D eigenvalue weighted by Gasteiger charge is -2.24. The summed E-state index contributed by atoms with van der Waals surface area (Å²) in [7, 11) is 0. The van der Waals surface area contributed by atoms with Crippen molar-refractivity contribution in [3.63, 3.8) is 0 Å². The number of hydrogen-bond acceptors (Lipinski definition) is 4. The van der Waals surface area contributed by atoms with Crippen molar-refractivity contribution in [3.8, 4) is 0 Å². The summed E-state index contributed by atoms with van der Waals surface area (Å²) >= 11 is 0. The summed E-state index contributed by atoms with van der Waals surface area (Å²) in [5.41, 5.74) is 7.84. The highest BCUT2D eigenvalue weighted by molar-refractivity contribution is 5.88. The highest BCUT2D eigenvalue weighted by Crippen LogP contribution is 2.19. The van der Waals surface area contributed by atoms with Crippen molar-refractivity contribution in [3.05, 3.63) is 30.1 Å².